The summed E-state index contributed by atoms with van der Waals surface area (Å²) in [7, 11) is 0. The molecule has 1 aliphatic rings. The minimum absolute atomic E-state index is 0.101. The van der Waals surface area contributed by atoms with Gasteiger partial charge in [0.05, 0.1) is 12.1 Å². The molecule has 0 spiro atoms. The fraction of sp³-hybridized carbons (Fsp3) is 0.200. The molecule has 1 aliphatic heterocycles. The van der Waals surface area contributed by atoms with Crippen LogP contribution in [-0.4, -0.2) is 34.0 Å². The first-order valence-corrected chi connectivity index (χ1v) is 9.30. The van der Waals surface area contributed by atoms with Gasteiger partial charge in [-0.05, 0) is 35.7 Å². The lowest BCUT2D eigenvalue weighted by atomic mass is 9.98. The van der Waals surface area contributed by atoms with Gasteiger partial charge in [-0.1, -0.05) is 24.3 Å². The molecule has 132 valence electrons. The maximum Gasteiger partial charge on any atom is 0.273 e. The van der Waals surface area contributed by atoms with Gasteiger partial charge in [0.15, 0.2) is 11.5 Å². The number of benzene rings is 2. The summed E-state index contributed by atoms with van der Waals surface area (Å²) in [5.74, 6) is 0.433. The Bertz CT molecular complexity index is 954. The number of aromatic hydroxyl groups is 1. The predicted molar refractivity (Wildman–Crippen MR) is 101 cm³/mol. The van der Waals surface area contributed by atoms with Gasteiger partial charge in [0.1, 0.15) is 12.3 Å². The molecule has 0 bridgehead atoms. The van der Waals surface area contributed by atoms with Crippen LogP contribution in [0, 0.1) is 6.92 Å². The van der Waals surface area contributed by atoms with Gasteiger partial charge in [0.2, 0.25) is 0 Å². The maximum absolute atomic E-state index is 12.7. The molecule has 0 fully saturated rings. The first-order valence-electron chi connectivity index (χ1n) is 8.35. The average Bonchev–Trinajstić information content (AvgIpc) is 3.08. The van der Waals surface area contributed by atoms with E-state index in [4.69, 9.17) is 4.74 Å². The van der Waals surface area contributed by atoms with Gasteiger partial charge in [0, 0.05) is 17.5 Å². The number of phenolic OH excluding ortho intramolecular Hbond substituents is 1. The second-order valence-corrected chi connectivity index (χ2v) is 6.97. The van der Waals surface area contributed by atoms with Crippen LogP contribution in [0.25, 0.3) is 11.1 Å². The molecule has 0 saturated heterocycles. The molecule has 0 radical (unpaired) electrons. The second kappa shape index (κ2) is 6.80. The number of phenols is 1. The topological polar surface area (TPSA) is 62.7 Å². The van der Waals surface area contributed by atoms with Crippen LogP contribution < -0.4 is 4.74 Å². The molecule has 26 heavy (non-hydrogen) atoms. The highest BCUT2D eigenvalue weighted by Gasteiger charge is 2.24. The van der Waals surface area contributed by atoms with Crippen LogP contribution in [0.1, 0.15) is 21.6 Å². The molecule has 6 heteroatoms. The third-order valence-corrected chi connectivity index (χ3v) is 5.10. The normalized spacial score (nSPS) is 13.7. The van der Waals surface area contributed by atoms with Crippen molar-refractivity contribution in [2.45, 2.75) is 13.5 Å². The molecule has 0 saturated carbocycles. The Morgan fingerprint density at radius 3 is 2.92 bits per heavy atom. The summed E-state index contributed by atoms with van der Waals surface area (Å²) < 4.78 is 5.74. The molecule has 2 heterocycles. The van der Waals surface area contributed by atoms with Crippen LogP contribution in [0.5, 0.6) is 11.5 Å². The molecule has 0 aliphatic carbocycles. The van der Waals surface area contributed by atoms with Gasteiger partial charge in [-0.25, -0.2) is 4.98 Å². The van der Waals surface area contributed by atoms with E-state index >= 15 is 0 Å². The quantitative estimate of drug-likeness (QED) is 0.748. The minimum atomic E-state index is -0.122. The lowest BCUT2D eigenvalue weighted by Crippen LogP contribution is -2.32. The van der Waals surface area contributed by atoms with E-state index in [1.54, 1.807) is 21.9 Å². The van der Waals surface area contributed by atoms with Crippen molar-refractivity contribution in [3.05, 3.63) is 64.1 Å². The molecule has 0 atom stereocenters. The second-order valence-electron chi connectivity index (χ2n) is 6.25. The smallest absolute Gasteiger partial charge is 0.273 e. The highest BCUT2D eigenvalue weighted by Crippen LogP contribution is 2.38. The standard InChI is InChI=1S/C20H18N2O3S/c1-13-4-2-3-5-16(13)14-8-15-10-22(20(24)17-11-26-12-21-17)6-7-25-19(15)18(23)9-14/h2-5,8-9,11-12,23H,6-7,10H2,1H3. The van der Waals surface area contributed by atoms with Gasteiger partial charge in [0.25, 0.3) is 5.91 Å². The summed E-state index contributed by atoms with van der Waals surface area (Å²) >= 11 is 1.40. The van der Waals surface area contributed by atoms with Crippen molar-refractivity contribution in [3.8, 4) is 22.6 Å². The lowest BCUT2D eigenvalue weighted by molar-refractivity contribution is 0.0728. The molecular weight excluding hydrogens is 348 g/mol. The summed E-state index contributed by atoms with van der Waals surface area (Å²) in [4.78, 5) is 18.5. The summed E-state index contributed by atoms with van der Waals surface area (Å²) in [5.41, 5.74) is 5.97. The van der Waals surface area contributed by atoms with Crippen molar-refractivity contribution >= 4 is 17.2 Å². The van der Waals surface area contributed by atoms with Gasteiger partial charge in [-0.3, -0.25) is 4.79 Å². The molecule has 1 N–H and O–H groups in total. The lowest BCUT2D eigenvalue weighted by Gasteiger charge is -2.19. The van der Waals surface area contributed by atoms with Gasteiger partial charge in [-0.15, -0.1) is 11.3 Å². The molecule has 3 aromatic rings. The van der Waals surface area contributed by atoms with E-state index in [0.29, 0.717) is 31.1 Å². The Morgan fingerprint density at radius 2 is 2.15 bits per heavy atom. The average molecular weight is 366 g/mol. The van der Waals surface area contributed by atoms with E-state index in [2.05, 4.69) is 4.98 Å². The van der Waals surface area contributed by atoms with Crippen LogP contribution in [0.2, 0.25) is 0 Å². The number of thiazole rings is 1. The molecule has 1 amide bonds. The number of hydrogen-bond donors (Lipinski definition) is 1. The number of nitrogens with zero attached hydrogens (tertiary/aromatic N) is 2. The minimum Gasteiger partial charge on any atom is -0.504 e. The van der Waals surface area contributed by atoms with E-state index in [-0.39, 0.29) is 11.7 Å². The Hall–Kier alpha value is -2.86. The zero-order chi connectivity index (χ0) is 18.1. The van der Waals surface area contributed by atoms with Crippen molar-refractivity contribution < 1.29 is 14.6 Å². The number of carbonyl (C=O) groups is 1. The molecular formula is C20H18N2O3S. The maximum atomic E-state index is 12.7. The van der Waals surface area contributed by atoms with E-state index < -0.39 is 0 Å². The van der Waals surface area contributed by atoms with Crippen LogP contribution in [0.15, 0.2) is 47.3 Å². The first-order chi connectivity index (χ1) is 12.6. The monoisotopic (exact) mass is 366 g/mol. The van der Waals surface area contributed by atoms with Crippen molar-refractivity contribution in [3.63, 3.8) is 0 Å². The van der Waals surface area contributed by atoms with E-state index in [0.717, 1.165) is 22.3 Å². The fourth-order valence-corrected chi connectivity index (χ4v) is 3.73. The van der Waals surface area contributed by atoms with E-state index in [9.17, 15) is 9.90 Å². The highest BCUT2D eigenvalue weighted by molar-refractivity contribution is 7.07. The number of hydrogen-bond acceptors (Lipinski definition) is 5. The molecule has 2 aromatic carbocycles. The van der Waals surface area contributed by atoms with E-state index in [1.165, 1.54) is 11.3 Å². The van der Waals surface area contributed by atoms with Crippen molar-refractivity contribution in [2.75, 3.05) is 13.2 Å². The molecule has 4 rings (SSSR count). The zero-order valence-electron chi connectivity index (χ0n) is 14.3. The van der Waals surface area contributed by atoms with Gasteiger partial charge in [-0.2, -0.15) is 0 Å². The largest absolute Gasteiger partial charge is 0.504 e. The number of amides is 1. The highest BCUT2D eigenvalue weighted by atomic mass is 32.1. The molecule has 0 unspecified atom stereocenters. The summed E-state index contributed by atoms with van der Waals surface area (Å²) in [6.45, 7) is 3.19. The predicted octanol–water partition coefficient (Wildman–Crippen LogP) is 3.86. The Kier molecular flexibility index (Phi) is 4.34. The Morgan fingerprint density at radius 1 is 1.31 bits per heavy atom. The fourth-order valence-electron chi connectivity index (χ4n) is 3.20. The zero-order valence-corrected chi connectivity index (χ0v) is 15.1. The van der Waals surface area contributed by atoms with Crippen LogP contribution in [0.4, 0.5) is 0 Å². The molecule has 5 nitrogen and oxygen atoms in total. The number of aryl methyl sites for hydroxylation is 1. The van der Waals surface area contributed by atoms with Crippen molar-refractivity contribution in [2.24, 2.45) is 0 Å². The number of carbonyl (C=O) groups excluding carboxylic acids is 1. The SMILES string of the molecule is Cc1ccccc1-c1cc(O)c2c(c1)CN(C(=O)c1cscn1)CCO2. The van der Waals surface area contributed by atoms with Gasteiger partial charge < -0.3 is 14.7 Å². The van der Waals surface area contributed by atoms with Crippen molar-refractivity contribution in [1.29, 1.82) is 0 Å². The number of aromatic nitrogens is 1. The molecule has 1 aromatic heterocycles. The number of rotatable bonds is 2. The summed E-state index contributed by atoms with van der Waals surface area (Å²) in [6.07, 6.45) is 0. The van der Waals surface area contributed by atoms with Crippen molar-refractivity contribution in [1.82, 2.24) is 9.88 Å². The third kappa shape index (κ3) is 3.04. The first kappa shape index (κ1) is 16.6. The summed E-state index contributed by atoms with van der Waals surface area (Å²) in [5, 5.41) is 12.2. The van der Waals surface area contributed by atoms with Gasteiger partial charge >= 0.3 is 0 Å². The Labute approximate surface area is 155 Å². The third-order valence-electron chi connectivity index (χ3n) is 4.51. The van der Waals surface area contributed by atoms with E-state index in [1.807, 2.05) is 37.3 Å². The van der Waals surface area contributed by atoms with Crippen LogP contribution >= 0.6 is 11.3 Å². The van der Waals surface area contributed by atoms with Crippen LogP contribution in [0.3, 0.4) is 0 Å². The number of ether oxygens (including phenoxy) is 1. The summed E-state index contributed by atoms with van der Waals surface area (Å²) in [6, 6.07) is 11.7. The van der Waals surface area contributed by atoms with Crippen LogP contribution in [-0.2, 0) is 6.54 Å². The Balaban J connectivity index is 1.72. The number of fused-ring (bicyclic) bond motifs is 1.